The first-order valence-corrected chi connectivity index (χ1v) is 9.71. The number of nitrogens with two attached hydrogens (primary N) is 1. The third kappa shape index (κ3) is 20.2. The van der Waals surface area contributed by atoms with Gasteiger partial charge in [-0.05, 0) is 13.5 Å². The second-order valence-corrected chi connectivity index (χ2v) is 6.70. The zero-order valence-corrected chi connectivity index (χ0v) is 16.2. The van der Waals surface area contributed by atoms with E-state index in [2.05, 4.69) is 12.2 Å². The number of likely N-dealkylation sites (N-methyl/N-ethyl adjacent to an activating group) is 1. The van der Waals surface area contributed by atoms with Crippen molar-refractivity contribution in [1.82, 2.24) is 5.32 Å². The van der Waals surface area contributed by atoms with E-state index in [-0.39, 0.29) is 12.4 Å². The van der Waals surface area contributed by atoms with Crippen LogP contribution in [0.3, 0.4) is 0 Å². The van der Waals surface area contributed by atoms with Gasteiger partial charge in [0, 0.05) is 12.6 Å². The minimum atomic E-state index is 0. The molecule has 1 unspecified atom stereocenters. The molecule has 0 aliphatic heterocycles. The second kappa shape index (κ2) is 21.2. The van der Waals surface area contributed by atoms with Crippen LogP contribution in [0.4, 0.5) is 0 Å². The van der Waals surface area contributed by atoms with Gasteiger partial charge in [0.1, 0.15) is 0 Å². The van der Waals surface area contributed by atoms with E-state index in [1.54, 1.807) is 0 Å². The van der Waals surface area contributed by atoms with Gasteiger partial charge in [-0.25, -0.2) is 0 Å². The first kappa shape index (κ1) is 24.5. The highest BCUT2D eigenvalue weighted by atomic mass is 35.5. The Hall–Kier alpha value is 0.210. The van der Waals surface area contributed by atoms with Crippen LogP contribution in [0.25, 0.3) is 0 Å². The molecule has 0 radical (unpaired) electrons. The summed E-state index contributed by atoms with van der Waals surface area (Å²) in [6.45, 7) is 3.25. The van der Waals surface area contributed by atoms with Crippen LogP contribution in [0, 0.1) is 0 Å². The molecule has 3 N–H and O–H groups in total. The maximum absolute atomic E-state index is 5.97. The number of hydrogen-bond acceptors (Lipinski definition) is 2. The van der Waals surface area contributed by atoms with Gasteiger partial charge in [-0.3, -0.25) is 0 Å². The molecular formula is C19H43ClN2. The highest BCUT2D eigenvalue weighted by Gasteiger charge is 2.00. The zero-order chi connectivity index (χ0) is 15.6. The third-order valence-electron chi connectivity index (χ3n) is 4.39. The van der Waals surface area contributed by atoms with Gasteiger partial charge in [0.05, 0.1) is 0 Å². The summed E-state index contributed by atoms with van der Waals surface area (Å²) in [7, 11) is 1.98. The summed E-state index contributed by atoms with van der Waals surface area (Å²) < 4.78 is 0. The minimum Gasteiger partial charge on any atom is -0.327 e. The van der Waals surface area contributed by atoms with Crippen molar-refractivity contribution in [3.05, 3.63) is 0 Å². The van der Waals surface area contributed by atoms with Crippen molar-refractivity contribution in [2.45, 2.75) is 109 Å². The Morgan fingerprint density at radius 1 is 0.682 bits per heavy atom. The zero-order valence-electron chi connectivity index (χ0n) is 15.4. The fraction of sp³-hybridized carbons (Fsp3) is 1.00. The van der Waals surface area contributed by atoms with Crippen molar-refractivity contribution in [2.24, 2.45) is 5.73 Å². The lowest BCUT2D eigenvalue weighted by Crippen LogP contribution is -2.31. The Kier molecular flexibility index (Phi) is 23.6. The highest BCUT2D eigenvalue weighted by Crippen LogP contribution is 2.13. The van der Waals surface area contributed by atoms with Crippen LogP contribution < -0.4 is 11.1 Å². The van der Waals surface area contributed by atoms with Gasteiger partial charge in [0.15, 0.2) is 0 Å². The molecule has 0 amide bonds. The lowest BCUT2D eigenvalue weighted by Gasteiger charge is -2.10. The lowest BCUT2D eigenvalue weighted by atomic mass is 10.0. The fourth-order valence-corrected chi connectivity index (χ4v) is 2.97. The molecular weight excluding hydrogens is 292 g/mol. The summed E-state index contributed by atoms with van der Waals surface area (Å²) in [5, 5.41) is 3.14. The average Bonchev–Trinajstić information content (AvgIpc) is 2.48. The summed E-state index contributed by atoms with van der Waals surface area (Å²) in [6, 6.07) is 0.354. The van der Waals surface area contributed by atoms with Crippen molar-refractivity contribution in [3.8, 4) is 0 Å². The molecule has 0 aromatic carbocycles. The van der Waals surface area contributed by atoms with Crippen molar-refractivity contribution in [2.75, 3.05) is 13.6 Å². The number of halogens is 1. The first-order chi connectivity index (χ1) is 10.3. The van der Waals surface area contributed by atoms with Crippen LogP contribution >= 0.6 is 12.4 Å². The van der Waals surface area contributed by atoms with Crippen molar-refractivity contribution in [3.63, 3.8) is 0 Å². The monoisotopic (exact) mass is 334 g/mol. The Morgan fingerprint density at radius 2 is 1.05 bits per heavy atom. The van der Waals surface area contributed by atoms with Crippen LogP contribution in [-0.2, 0) is 0 Å². The predicted octanol–water partition coefficient (Wildman–Crippen LogP) is 5.83. The van der Waals surface area contributed by atoms with E-state index in [0.717, 1.165) is 6.54 Å². The van der Waals surface area contributed by atoms with Gasteiger partial charge in [0.2, 0.25) is 0 Å². The molecule has 1 atom stereocenters. The molecule has 0 bridgehead atoms. The Labute approximate surface area is 146 Å². The maximum atomic E-state index is 5.97. The molecule has 0 aliphatic rings. The minimum absolute atomic E-state index is 0. The molecule has 0 spiro atoms. The quantitative estimate of drug-likeness (QED) is 0.328. The fourth-order valence-electron chi connectivity index (χ4n) is 2.97. The first-order valence-electron chi connectivity index (χ1n) is 9.71. The normalized spacial score (nSPS) is 12.1. The van der Waals surface area contributed by atoms with Crippen LogP contribution in [0.1, 0.15) is 103 Å². The van der Waals surface area contributed by atoms with Gasteiger partial charge < -0.3 is 11.1 Å². The molecule has 0 fully saturated rings. The molecule has 0 aromatic rings. The molecule has 0 rings (SSSR count). The van der Waals surface area contributed by atoms with Crippen molar-refractivity contribution < 1.29 is 0 Å². The molecule has 0 heterocycles. The SMILES string of the molecule is CCCCCCCCCCCCCCCCC(N)CNC.Cl. The van der Waals surface area contributed by atoms with Gasteiger partial charge in [-0.1, -0.05) is 96.8 Å². The summed E-state index contributed by atoms with van der Waals surface area (Å²) in [4.78, 5) is 0. The van der Waals surface area contributed by atoms with E-state index in [1.807, 2.05) is 7.05 Å². The van der Waals surface area contributed by atoms with E-state index in [4.69, 9.17) is 5.73 Å². The van der Waals surface area contributed by atoms with E-state index in [0.29, 0.717) is 6.04 Å². The third-order valence-corrected chi connectivity index (χ3v) is 4.39. The second-order valence-electron chi connectivity index (χ2n) is 6.70. The van der Waals surface area contributed by atoms with Gasteiger partial charge >= 0.3 is 0 Å². The molecule has 136 valence electrons. The smallest absolute Gasteiger partial charge is 0.0165 e. The average molecular weight is 335 g/mol. The largest absolute Gasteiger partial charge is 0.327 e. The van der Waals surface area contributed by atoms with Crippen LogP contribution in [0.5, 0.6) is 0 Å². The van der Waals surface area contributed by atoms with E-state index >= 15 is 0 Å². The maximum Gasteiger partial charge on any atom is 0.0165 e. The summed E-state index contributed by atoms with van der Waals surface area (Å²) in [5.74, 6) is 0. The topological polar surface area (TPSA) is 38.0 Å². The number of hydrogen-bond donors (Lipinski definition) is 2. The molecule has 0 aliphatic carbocycles. The lowest BCUT2D eigenvalue weighted by molar-refractivity contribution is 0.507. The summed E-state index contributed by atoms with van der Waals surface area (Å²) in [5.41, 5.74) is 5.97. The predicted molar refractivity (Wildman–Crippen MR) is 104 cm³/mol. The Balaban J connectivity index is 0. The number of rotatable bonds is 17. The van der Waals surface area contributed by atoms with E-state index in [1.165, 1.54) is 96.3 Å². The molecule has 22 heavy (non-hydrogen) atoms. The Bertz CT molecular complexity index is 188. The molecule has 0 saturated carbocycles. The standard InChI is InChI=1S/C19H42N2.ClH/c1-3-4-5-6-7-8-9-10-11-12-13-14-15-16-17-19(20)18-21-2;/h19,21H,3-18,20H2,1-2H3;1H. The van der Waals surface area contributed by atoms with Gasteiger partial charge in [-0.15, -0.1) is 12.4 Å². The number of unbranched alkanes of at least 4 members (excludes halogenated alkanes) is 13. The highest BCUT2D eigenvalue weighted by molar-refractivity contribution is 5.85. The molecule has 0 saturated heterocycles. The summed E-state index contributed by atoms with van der Waals surface area (Å²) in [6.07, 6.45) is 21.1. The van der Waals surface area contributed by atoms with Crippen molar-refractivity contribution in [1.29, 1.82) is 0 Å². The van der Waals surface area contributed by atoms with Gasteiger partial charge in [-0.2, -0.15) is 0 Å². The van der Waals surface area contributed by atoms with E-state index < -0.39 is 0 Å². The summed E-state index contributed by atoms with van der Waals surface area (Å²) >= 11 is 0. The van der Waals surface area contributed by atoms with Crippen LogP contribution in [0.2, 0.25) is 0 Å². The molecule has 2 nitrogen and oxygen atoms in total. The van der Waals surface area contributed by atoms with Crippen molar-refractivity contribution >= 4 is 12.4 Å². The van der Waals surface area contributed by atoms with Crippen LogP contribution in [0.15, 0.2) is 0 Å². The molecule has 0 aromatic heterocycles. The van der Waals surface area contributed by atoms with E-state index in [9.17, 15) is 0 Å². The Morgan fingerprint density at radius 3 is 1.41 bits per heavy atom. The van der Waals surface area contributed by atoms with Crippen LogP contribution in [-0.4, -0.2) is 19.6 Å². The number of nitrogens with one attached hydrogen (secondary N) is 1. The van der Waals surface area contributed by atoms with Gasteiger partial charge in [0.25, 0.3) is 0 Å². The molecule has 3 heteroatoms.